The third-order valence-electron chi connectivity index (χ3n) is 4.59. The van der Waals surface area contributed by atoms with Gasteiger partial charge in [-0.1, -0.05) is 58.4 Å². The molecule has 0 bridgehead atoms. The fraction of sp³-hybridized carbons (Fsp3) is 0.333. The molecule has 0 N–H and O–H groups in total. The molecule has 2 nitrogen and oxygen atoms in total. The number of hydrogen-bond acceptors (Lipinski definition) is 2. The van der Waals surface area contributed by atoms with Crippen LogP contribution < -0.4 is 0 Å². The second kappa shape index (κ2) is 5.56. The Bertz CT molecular complexity index is 643. The summed E-state index contributed by atoms with van der Waals surface area (Å²) in [6, 6.07) is 17.2. The molecule has 0 aromatic heterocycles. The highest BCUT2D eigenvalue weighted by molar-refractivity contribution is 9.10. The van der Waals surface area contributed by atoms with E-state index in [9.17, 15) is 0 Å². The molecule has 2 aromatic carbocycles. The van der Waals surface area contributed by atoms with Crippen molar-refractivity contribution < 1.29 is 4.74 Å². The Morgan fingerprint density at radius 1 is 1.05 bits per heavy atom. The molecule has 21 heavy (non-hydrogen) atoms. The highest BCUT2D eigenvalue weighted by atomic mass is 79.9. The molecule has 0 saturated carbocycles. The van der Waals surface area contributed by atoms with Crippen molar-refractivity contribution in [2.75, 3.05) is 13.1 Å². The van der Waals surface area contributed by atoms with Crippen molar-refractivity contribution in [3.63, 3.8) is 0 Å². The van der Waals surface area contributed by atoms with E-state index in [2.05, 4.69) is 69.4 Å². The van der Waals surface area contributed by atoms with E-state index in [-0.39, 0.29) is 0 Å². The lowest BCUT2D eigenvalue weighted by atomic mass is 9.90. The lowest BCUT2D eigenvalue weighted by molar-refractivity contribution is 0.0245. The zero-order valence-corrected chi connectivity index (χ0v) is 13.4. The molecule has 2 aliphatic heterocycles. The van der Waals surface area contributed by atoms with Crippen molar-refractivity contribution in [2.24, 2.45) is 0 Å². The minimum Gasteiger partial charge on any atom is -0.371 e. The van der Waals surface area contributed by atoms with Crippen molar-refractivity contribution in [2.45, 2.75) is 25.2 Å². The molecule has 4 rings (SSSR count). The molecule has 0 radical (unpaired) electrons. The first-order chi connectivity index (χ1) is 10.3. The first-order valence-corrected chi connectivity index (χ1v) is 8.26. The van der Waals surface area contributed by atoms with Gasteiger partial charge in [-0.3, -0.25) is 4.90 Å². The summed E-state index contributed by atoms with van der Waals surface area (Å²) in [7, 11) is 0. The van der Waals surface area contributed by atoms with Crippen LogP contribution in [0.2, 0.25) is 0 Å². The van der Waals surface area contributed by atoms with Gasteiger partial charge < -0.3 is 4.74 Å². The van der Waals surface area contributed by atoms with Crippen LogP contribution in [0, 0.1) is 0 Å². The zero-order valence-electron chi connectivity index (χ0n) is 11.8. The van der Waals surface area contributed by atoms with Gasteiger partial charge in [-0.15, -0.1) is 0 Å². The van der Waals surface area contributed by atoms with Crippen LogP contribution in [0.1, 0.15) is 22.6 Å². The van der Waals surface area contributed by atoms with Gasteiger partial charge in [0.2, 0.25) is 0 Å². The molecular formula is C18H18BrNO. The lowest BCUT2D eigenvalue weighted by Gasteiger charge is -2.28. The molecule has 108 valence electrons. The van der Waals surface area contributed by atoms with Gasteiger partial charge in [0, 0.05) is 30.0 Å². The summed E-state index contributed by atoms with van der Waals surface area (Å²) in [5.41, 5.74) is 4.18. The fourth-order valence-corrected chi connectivity index (χ4v) is 4.05. The van der Waals surface area contributed by atoms with E-state index >= 15 is 0 Å². The van der Waals surface area contributed by atoms with Gasteiger partial charge in [0.1, 0.15) is 0 Å². The van der Waals surface area contributed by atoms with E-state index in [1.54, 1.807) is 0 Å². The van der Waals surface area contributed by atoms with Crippen molar-refractivity contribution in [3.05, 3.63) is 69.7 Å². The van der Waals surface area contributed by atoms with Crippen LogP contribution in [0.5, 0.6) is 0 Å². The van der Waals surface area contributed by atoms with Crippen molar-refractivity contribution in [1.82, 2.24) is 4.90 Å². The molecule has 0 spiro atoms. The van der Waals surface area contributed by atoms with Gasteiger partial charge in [-0.05, 0) is 22.8 Å². The van der Waals surface area contributed by atoms with Crippen molar-refractivity contribution in [3.8, 4) is 0 Å². The summed E-state index contributed by atoms with van der Waals surface area (Å²) < 4.78 is 7.29. The fourth-order valence-electron chi connectivity index (χ4n) is 3.56. The third kappa shape index (κ3) is 2.54. The van der Waals surface area contributed by atoms with Crippen LogP contribution in [0.3, 0.4) is 0 Å². The third-order valence-corrected chi connectivity index (χ3v) is 5.33. The molecule has 2 aromatic rings. The monoisotopic (exact) mass is 343 g/mol. The van der Waals surface area contributed by atoms with Gasteiger partial charge in [0.25, 0.3) is 0 Å². The summed E-state index contributed by atoms with van der Waals surface area (Å²) in [5, 5.41) is 0. The first-order valence-electron chi connectivity index (χ1n) is 7.46. The predicted molar refractivity (Wildman–Crippen MR) is 87.2 cm³/mol. The largest absolute Gasteiger partial charge is 0.371 e. The number of likely N-dealkylation sites (tertiary alicyclic amines) is 1. The number of nitrogens with zero attached hydrogens (tertiary/aromatic N) is 1. The standard InChI is InChI=1S/C18H18BrNO/c19-17-8-4-7-14-15-10-20(9-13-5-2-1-3-6-13)11-18(15)21-12-16(14)17/h1-8,15,18H,9-12H2/t15-,18-/m1/s1. The van der Waals surface area contributed by atoms with Crippen LogP contribution >= 0.6 is 15.9 Å². The Hall–Kier alpha value is -1.16. The summed E-state index contributed by atoms with van der Waals surface area (Å²) in [5.74, 6) is 0.509. The van der Waals surface area contributed by atoms with Gasteiger partial charge in [0.05, 0.1) is 12.7 Å². The Kier molecular flexibility index (Phi) is 3.57. The minimum atomic E-state index is 0.343. The molecule has 2 heterocycles. The molecule has 0 unspecified atom stereocenters. The molecule has 1 fully saturated rings. The predicted octanol–water partition coefficient (Wildman–Crippen LogP) is 3.95. The van der Waals surface area contributed by atoms with E-state index in [0.29, 0.717) is 12.0 Å². The summed E-state index contributed by atoms with van der Waals surface area (Å²) in [4.78, 5) is 2.51. The van der Waals surface area contributed by atoms with Gasteiger partial charge in [-0.2, -0.15) is 0 Å². The number of halogens is 1. The van der Waals surface area contributed by atoms with Gasteiger partial charge in [0.15, 0.2) is 0 Å². The van der Waals surface area contributed by atoms with Crippen LogP contribution in [-0.2, 0) is 17.9 Å². The van der Waals surface area contributed by atoms with Crippen LogP contribution in [-0.4, -0.2) is 24.1 Å². The number of benzene rings is 2. The molecule has 2 atom stereocenters. The number of rotatable bonds is 2. The molecule has 3 heteroatoms. The summed E-state index contributed by atoms with van der Waals surface area (Å²) in [6.07, 6.45) is 0.343. The molecular weight excluding hydrogens is 326 g/mol. The SMILES string of the molecule is Brc1cccc2c1CO[C@@H]1CN(Cc3ccccc3)C[C@H]21. The number of hydrogen-bond donors (Lipinski definition) is 0. The van der Waals surface area contributed by atoms with Crippen LogP contribution in [0.15, 0.2) is 53.0 Å². The number of ether oxygens (including phenoxy) is 1. The Morgan fingerprint density at radius 2 is 1.90 bits per heavy atom. The smallest absolute Gasteiger partial charge is 0.0787 e. The lowest BCUT2D eigenvalue weighted by Crippen LogP contribution is -2.27. The quantitative estimate of drug-likeness (QED) is 0.818. The Balaban J connectivity index is 1.55. The molecule has 2 aliphatic rings. The Labute approximate surface area is 133 Å². The molecule has 0 amide bonds. The average molecular weight is 344 g/mol. The minimum absolute atomic E-state index is 0.343. The average Bonchev–Trinajstić information content (AvgIpc) is 2.91. The normalized spacial score (nSPS) is 24.6. The van der Waals surface area contributed by atoms with E-state index in [4.69, 9.17) is 4.74 Å². The van der Waals surface area contributed by atoms with E-state index < -0.39 is 0 Å². The van der Waals surface area contributed by atoms with E-state index in [1.807, 2.05) is 0 Å². The maximum atomic E-state index is 6.11. The van der Waals surface area contributed by atoms with Crippen molar-refractivity contribution in [1.29, 1.82) is 0 Å². The van der Waals surface area contributed by atoms with Gasteiger partial charge in [-0.25, -0.2) is 0 Å². The number of fused-ring (bicyclic) bond motifs is 3. The van der Waals surface area contributed by atoms with Crippen molar-refractivity contribution >= 4 is 15.9 Å². The maximum absolute atomic E-state index is 6.11. The highest BCUT2D eigenvalue weighted by Crippen LogP contribution is 2.39. The first kappa shape index (κ1) is 13.5. The summed E-state index contributed by atoms with van der Waals surface area (Å²) in [6.45, 7) is 3.87. The highest BCUT2D eigenvalue weighted by Gasteiger charge is 2.38. The summed E-state index contributed by atoms with van der Waals surface area (Å²) >= 11 is 3.65. The van der Waals surface area contributed by atoms with E-state index in [0.717, 1.165) is 26.2 Å². The topological polar surface area (TPSA) is 12.5 Å². The maximum Gasteiger partial charge on any atom is 0.0787 e. The van der Waals surface area contributed by atoms with Crippen LogP contribution in [0.4, 0.5) is 0 Å². The molecule has 0 aliphatic carbocycles. The second-order valence-corrected chi connectivity index (χ2v) is 6.80. The second-order valence-electron chi connectivity index (χ2n) is 5.94. The van der Waals surface area contributed by atoms with E-state index in [1.165, 1.54) is 21.2 Å². The Morgan fingerprint density at radius 3 is 2.76 bits per heavy atom. The van der Waals surface area contributed by atoms with Crippen LogP contribution in [0.25, 0.3) is 0 Å². The van der Waals surface area contributed by atoms with Gasteiger partial charge >= 0.3 is 0 Å². The zero-order chi connectivity index (χ0) is 14.2. The molecule has 1 saturated heterocycles.